The first kappa shape index (κ1) is 20.9. The molecular weight excluding hydrogens is 444 g/mol. The fourth-order valence-corrected chi connectivity index (χ4v) is 4.73. The van der Waals surface area contributed by atoms with Gasteiger partial charge in [0, 0.05) is 21.0 Å². The fourth-order valence-electron chi connectivity index (χ4n) is 4.33. The average molecular weight is 469 g/mol. The summed E-state index contributed by atoms with van der Waals surface area (Å²) in [5.74, 6) is 0.194. The lowest BCUT2D eigenvalue weighted by Gasteiger charge is -2.34. The van der Waals surface area contributed by atoms with Crippen molar-refractivity contribution >= 4 is 33.3 Å². The van der Waals surface area contributed by atoms with E-state index in [1.165, 1.54) is 5.56 Å². The molecule has 0 saturated heterocycles. The first-order valence-electron chi connectivity index (χ1n) is 10.0. The van der Waals surface area contributed by atoms with E-state index in [2.05, 4.69) is 35.8 Å². The maximum Gasteiger partial charge on any atom is 0.344 e. The number of esters is 1. The number of halogens is 1. The molecule has 0 atom stereocenters. The molecular formula is C25H25BrO4. The van der Waals surface area contributed by atoms with Crippen LogP contribution in [-0.4, -0.2) is 24.0 Å². The predicted molar refractivity (Wildman–Crippen MR) is 120 cm³/mol. The van der Waals surface area contributed by atoms with Gasteiger partial charge < -0.3 is 9.47 Å². The summed E-state index contributed by atoms with van der Waals surface area (Å²) >= 11 is 3.53. The van der Waals surface area contributed by atoms with Crippen LogP contribution in [-0.2, 0) is 21.4 Å². The summed E-state index contributed by atoms with van der Waals surface area (Å²) < 4.78 is 12.0. The molecule has 2 aliphatic carbocycles. The summed E-state index contributed by atoms with van der Waals surface area (Å²) in [7, 11) is 0. The molecule has 0 amide bonds. The van der Waals surface area contributed by atoms with E-state index >= 15 is 0 Å². The summed E-state index contributed by atoms with van der Waals surface area (Å²) in [6.07, 6.45) is 0.755. The Balaban J connectivity index is 1.64. The van der Waals surface area contributed by atoms with Crippen LogP contribution in [0.1, 0.15) is 61.7 Å². The van der Waals surface area contributed by atoms with E-state index in [-0.39, 0.29) is 17.8 Å². The molecule has 0 fully saturated rings. The second-order valence-electron chi connectivity index (χ2n) is 9.37. The third kappa shape index (κ3) is 3.60. The SMILES string of the molecule is CC(C)(C)OC(=O)COc1ccc2c(c1)C(C)(C)C1=C(C2=O)c2ccc(Br)cc2C1. The molecule has 30 heavy (non-hydrogen) atoms. The topological polar surface area (TPSA) is 52.6 Å². The Hall–Kier alpha value is -2.40. The molecule has 2 aromatic rings. The minimum Gasteiger partial charge on any atom is -0.482 e. The molecule has 2 aromatic carbocycles. The van der Waals surface area contributed by atoms with E-state index in [1.807, 2.05) is 45.0 Å². The first-order chi connectivity index (χ1) is 14.0. The van der Waals surface area contributed by atoms with Crippen molar-refractivity contribution in [1.82, 2.24) is 0 Å². The molecule has 4 rings (SSSR count). The van der Waals surface area contributed by atoms with Crippen molar-refractivity contribution < 1.29 is 19.1 Å². The quantitative estimate of drug-likeness (QED) is 0.545. The van der Waals surface area contributed by atoms with E-state index in [0.717, 1.165) is 33.2 Å². The van der Waals surface area contributed by atoms with Crippen LogP contribution >= 0.6 is 15.9 Å². The number of Topliss-reactive ketones (excluding diaryl/α,β-unsaturated/α-hetero) is 1. The third-order valence-electron chi connectivity index (χ3n) is 5.67. The smallest absolute Gasteiger partial charge is 0.344 e. The number of ketones is 1. The van der Waals surface area contributed by atoms with E-state index in [4.69, 9.17) is 9.47 Å². The molecule has 2 aliphatic rings. The maximum atomic E-state index is 13.4. The van der Waals surface area contributed by atoms with Crippen molar-refractivity contribution in [3.05, 3.63) is 68.7 Å². The minimum atomic E-state index is -0.556. The van der Waals surface area contributed by atoms with Crippen molar-refractivity contribution in [2.75, 3.05) is 6.61 Å². The molecule has 4 nitrogen and oxygen atoms in total. The first-order valence-corrected chi connectivity index (χ1v) is 10.8. The van der Waals surface area contributed by atoms with E-state index in [9.17, 15) is 9.59 Å². The number of carbonyl (C=O) groups is 2. The molecule has 156 valence electrons. The van der Waals surface area contributed by atoms with Gasteiger partial charge in [0.15, 0.2) is 12.4 Å². The zero-order valence-electron chi connectivity index (χ0n) is 17.9. The second-order valence-corrected chi connectivity index (χ2v) is 10.3. The Morgan fingerprint density at radius 3 is 2.50 bits per heavy atom. The largest absolute Gasteiger partial charge is 0.482 e. The van der Waals surface area contributed by atoms with Gasteiger partial charge in [0.05, 0.1) is 0 Å². The van der Waals surface area contributed by atoms with Gasteiger partial charge in [-0.2, -0.15) is 0 Å². The highest BCUT2D eigenvalue weighted by Crippen LogP contribution is 2.50. The summed E-state index contributed by atoms with van der Waals surface area (Å²) in [6.45, 7) is 9.58. The van der Waals surface area contributed by atoms with Gasteiger partial charge in [-0.3, -0.25) is 4.79 Å². The van der Waals surface area contributed by atoms with Crippen LogP contribution in [0.2, 0.25) is 0 Å². The Bertz CT molecular complexity index is 1100. The van der Waals surface area contributed by atoms with Crippen LogP contribution in [0.25, 0.3) is 5.57 Å². The maximum absolute atomic E-state index is 13.4. The van der Waals surface area contributed by atoms with Gasteiger partial charge in [0.1, 0.15) is 11.4 Å². The van der Waals surface area contributed by atoms with Crippen molar-refractivity contribution in [2.45, 2.75) is 52.1 Å². The Morgan fingerprint density at radius 1 is 1.10 bits per heavy atom. The van der Waals surface area contributed by atoms with E-state index in [0.29, 0.717) is 11.3 Å². The van der Waals surface area contributed by atoms with Gasteiger partial charge in [-0.1, -0.05) is 35.8 Å². The number of benzene rings is 2. The zero-order valence-corrected chi connectivity index (χ0v) is 19.5. The summed E-state index contributed by atoms with van der Waals surface area (Å²) in [5.41, 5.74) is 4.91. The van der Waals surface area contributed by atoms with Gasteiger partial charge in [-0.25, -0.2) is 4.79 Å². The van der Waals surface area contributed by atoms with Crippen LogP contribution in [0.3, 0.4) is 0 Å². The molecule has 0 N–H and O–H groups in total. The van der Waals surface area contributed by atoms with Crippen molar-refractivity contribution in [3.8, 4) is 5.75 Å². The van der Waals surface area contributed by atoms with E-state index < -0.39 is 11.6 Å². The molecule has 0 saturated carbocycles. The number of hydrogen-bond acceptors (Lipinski definition) is 4. The zero-order chi connectivity index (χ0) is 21.8. The van der Waals surface area contributed by atoms with Crippen molar-refractivity contribution in [3.63, 3.8) is 0 Å². The highest BCUT2D eigenvalue weighted by molar-refractivity contribution is 9.10. The summed E-state index contributed by atoms with van der Waals surface area (Å²) in [5, 5.41) is 0. The number of ether oxygens (including phenoxy) is 2. The normalized spacial score (nSPS) is 16.7. The van der Waals surface area contributed by atoms with Crippen LogP contribution in [0.5, 0.6) is 5.75 Å². The molecule has 0 aromatic heterocycles. The van der Waals surface area contributed by atoms with Crippen LogP contribution in [0, 0.1) is 0 Å². The van der Waals surface area contributed by atoms with Gasteiger partial charge in [-0.05, 0) is 79.8 Å². The van der Waals surface area contributed by atoms with Gasteiger partial charge in [0.25, 0.3) is 0 Å². The number of allylic oxidation sites excluding steroid dienone is 2. The predicted octanol–water partition coefficient (Wildman–Crippen LogP) is 5.65. The fraction of sp³-hybridized carbons (Fsp3) is 0.360. The Labute approximate surface area is 185 Å². The van der Waals surface area contributed by atoms with Crippen LogP contribution in [0.4, 0.5) is 0 Å². The molecule has 0 aliphatic heterocycles. The van der Waals surface area contributed by atoms with Crippen LogP contribution in [0.15, 0.2) is 46.4 Å². The van der Waals surface area contributed by atoms with E-state index in [1.54, 1.807) is 6.07 Å². The molecule has 0 bridgehead atoms. The Kier molecular flexibility index (Phi) is 4.93. The highest BCUT2D eigenvalue weighted by atomic mass is 79.9. The number of carbonyl (C=O) groups excluding carboxylic acids is 2. The van der Waals surface area contributed by atoms with Crippen molar-refractivity contribution in [2.24, 2.45) is 0 Å². The number of hydrogen-bond donors (Lipinski definition) is 0. The molecule has 0 heterocycles. The monoisotopic (exact) mass is 468 g/mol. The third-order valence-corrected chi connectivity index (χ3v) is 6.17. The average Bonchev–Trinajstić information content (AvgIpc) is 3.03. The van der Waals surface area contributed by atoms with Crippen LogP contribution < -0.4 is 4.74 Å². The Morgan fingerprint density at radius 2 is 1.80 bits per heavy atom. The lowest BCUT2D eigenvalue weighted by molar-refractivity contribution is -0.157. The molecule has 0 unspecified atom stereocenters. The number of rotatable bonds is 3. The lowest BCUT2D eigenvalue weighted by Crippen LogP contribution is -2.30. The molecule has 0 spiro atoms. The second kappa shape index (κ2) is 7.09. The van der Waals surface area contributed by atoms with Gasteiger partial charge in [-0.15, -0.1) is 0 Å². The summed E-state index contributed by atoms with van der Waals surface area (Å²) in [4.78, 5) is 25.4. The molecule has 0 radical (unpaired) electrons. The van der Waals surface area contributed by atoms with Crippen molar-refractivity contribution in [1.29, 1.82) is 0 Å². The number of fused-ring (bicyclic) bond motifs is 3. The van der Waals surface area contributed by atoms with Gasteiger partial charge in [0.2, 0.25) is 0 Å². The molecule has 5 heteroatoms. The van der Waals surface area contributed by atoms with Gasteiger partial charge >= 0.3 is 5.97 Å². The summed E-state index contributed by atoms with van der Waals surface area (Å²) in [6, 6.07) is 11.6. The highest BCUT2D eigenvalue weighted by Gasteiger charge is 2.42. The standard InChI is InChI=1S/C25H25BrO4/c1-24(2,3)30-21(27)13-29-16-7-9-18-19(12-16)25(4,5)20-11-14-10-15(26)6-8-17(14)22(20)23(18)28/h6-10,12H,11,13H2,1-5H3. The minimum absolute atomic E-state index is 0.0547. The lowest BCUT2D eigenvalue weighted by atomic mass is 9.68.